The first-order valence-corrected chi connectivity index (χ1v) is 6.06. The predicted molar refractivity (Wildman–Crippen MR) is 61.5 cm³/mol. The number of carbonyl (C=O) groups excluding carboxylic acids is 1. The Hall–Kier alpha value is -0.530. The van der Waals surface area contributed by atoms with Crippen molar-refractivity contribution >= 4 is 5.97 Å². The first kappa shape index (κ1) is 12.5. The van der Waals surface area contributed by atoms with E-state index in [1.165, 1.54) is 6.42 Å². The Morgan fingerprint density at radius 2 is 2.00 bits per heavy atom. The van der Waals surface area contributed by atoms with Crippen molar-refractivity contribution in [1.29, 1.82) is 0 Å². The highest BCUT2D eigenvalue weighted by Crippen LogP contribution is 2.46. The number of ether oxygens (including phenoxy) is 1. The van der Waals surface area contributed by atoms with Crippen LogP contribution < -0.4 is 0 Å². The molecule has 88 valence electrons. The fourth-order valence-corrected chi connectivity index (χ4v) is 2.82. The molecular weight excluding hydrogens is 188 g/mol. The van der Waals surface area contributed by atoms with Crippen molar-refractivity contribution in [2.45, 2.75) is 47.5 Å². The van der Waals surface area contributed by atoms with Gasteiger partial charge in [0, 0.05) is 0 Å². The second-order valence-corrected chi connectivity index (χ2v) is 5.59. The van der Waals surface area contributed by atoms with E-state index in [4.69, 9.17) is 4.74 Å². The van der Waals surface area contributed by atoms with Gasteiger partial charge in [0.15, 0.2) is 0 Å². The van der Waals surface area contributed by atoms with Gasteiger partial charge >= 0.3 is 5.97 Å². The van der Waals surface area contributed by atoms with Crippen LogP contribution >= 0.6 is 0 Å². The lowest BCUT2D eigenvalue weighted by molar-refractivity contribution is -0.158. The van der Waals surface area contributed by atoms with E-state index in [0.717, 1.165) is 6.42 Å². The van der Waals surface area contributed by atoms with Gasteiger partial charge in [0.25, 0.3) is 0 Å². The van der Waals surface area contributed by atoms with Crippen LogP contribution in [0, 0.1) is 23.2 Å². The molecule has 0 spiro atoms. The summed E-state index contributed by atoms with van der Waals surface area (Å²) in [6.07, 6.45) is 2.35. The van der Waals surface area contributed by atoms with Crippen LogP contribution in [0.1, 0.15) is 47.5 Å². The number of esters is 1. The van der Waals surface area contributed by atoms with Crippen LogP contribution in [-0.2, 0) is 9.53 Å². The molecule has 0 saturated heterocycles. The average molecular weight is 212 g/mol. The summed E-state index contributed by atoms with van der Waals surface area (Å²) in [5.74, 6) is 1.14. The Balaban J connectivity index is 2.83. The molecule has 15 heavy (non-hydrogen) atoms. The third-order valence-corrected chi connectivity index (χ3v) is 4.05. The maximum absolute atomic E-state index is 11.9. The maximum Gasteiger partial charge on any atom is 0.309 e. The molecule has 0 heterocycles. The van der Waals surface area contributed by atoms with Crippen molar-refractivity contribution < 1.29 is 9.53 Å². The minimum atomic E-state index is 0.00144. The highest BCUT2D eigenvalue weighted by molar-refractivity contribution is 5.73. The Kier molecular flexibility index (Phi) is 3.80. The van der Waals surface area contributed by atoms with Crippen molar-refractivity contribution in [3.05, 3.63) is 0 Å². The molecule has 1 aliphatic carbocycles. The molecule has 1 fully saturated rings. The molecule has 3 atom stereocenters. The topological polar surface area (TPSA) is 26.3 Å². The molecule has 0 aromatic carbocycles. The summed E-state index contributed by atoms with van der Waals surface area (Å²) in [6.45, 7) is 11.2. The average Bonchev–Trinajstić information content (AvgIpc) is 2.12. The lowest BCUT2D eigenvalue weighted by Gasteiger charge is -2.44. The number of hydrogen-bond acceptors (Lipinski definition) is 2. The zero-order chi connectivity index (χ0) is 11.6. The third-order valence-electron chi connectivity index (χ3n) is 4.05. The summed E-state index contributed by atoms with van der Waals surface area (Å²) in [7, 11) is 0. The van der Waals surface area contributed by atoms with Gasteiger partial charge in [0.1, 0.15) is 0 Å². The quantitative estimate of drug-likeness (QED) is 0.657. The normalized spacial score (nSPS) is 34.9. The van der Waals surface area contributed by atoms with E-state index in [9.17, 15) is 4.79 Å². The molecule has 0 radical (unpaired) electrons. The van der Waals surface area contributed by atoms with Gasteiger partial charge in [-0.05, 0) is 37.0 Å². The molecule has 0 aromatic rings. The number of hydrogen-bond donors (Lipinski definition) is 0. The van der Waals surface area contributed by atoms with E-state index in [1.54, 1.807) is 0 Å². The molecule has 1 rings (SSSR count). The highest BCUT2D eigenvalue weighted by atomic mass is 16.5. The van der Waals surface area contributed by atoms with Gasteiger partial charge in [0.05, 0.1) is 12.5 Å². The van der Waals surface area contributed by atoms with Crippen LogP contribution in [0.3, 0.4) is 0 Å². The Morgan fingerprint density at radius 1 is 1.40 bits per heavy atom. The molecule has 1 unspecified atom stereocenters. The molecule has 1 aliphatic rings. The molecule has 0 aliphatic heterocycles. The van der Waals surface area contributed by atoms with Crippen LogP contribution in [-0.4, -0.2) is 12.6 Å². The smallest absolute Gasteiger partial charge is 0.309 e. The lowest BCUT2D eigenvalue weighted by Crippen LogP contribution is -2.43. The summed E-state index contributed by atoms with van der Waals surface area (Å²) in [4.78, 5) is 11.9. The fraction of sp³-hybridized carbons (Fsp3) is 0.923. The molecule has 0 amide bonds. The summed E-state index contributed by atoms with van der Waals surface area (Å²) >= 11 is 0. The minimum Gasteiger partial charge on any atom is -0.466 e. The molecule has 2 nitrogen and oxygen atoms in total. The molecule has 0 N–H and O–H groups in total. The van der Waals surface area contributed by atoms with Crippen LogP contribution in [0.25, 0.3) is 0 Å². The second kappa shape index (κ2) is 4.54. The minimum absolute atomic E-state index is 0.00144. The largest absolute Gasteiger partial charge is 0.466 e. The van der Waals surface area contributed by atoms with Crippen LogP contribution in [0.15, 0.2) is 0 Å². The Labute approximate surface area is 93.4 Å². The van der Waals surface area contributed by atoms with Gasteiger partial charge in [-0.25, -0.2) is 0 Å². The number of rotatable bonds is 2. The standard InChI is InChI=1S/C13H24O2/c1-6-15-12(14)11-10(3)9(2)7-8-13(11,4)5/h9-11H,6-8H2,1-5H3/t9?,10-,11+/m0/s1. The molecule has 0 bridgehead atoms. The summed E-state index contributed by atoms with van der Waals surface area (Å²) < 4.78 is 5.20. The van der Waals surface area contributed by atoms with E-state index in [-0.39, 0.29) is 17.3 Å². The summed E-state index contributed by atoms with van der Waals surface area (Å²) in [5.41, 5.74) is 0.0954. The van der Waals surface area contributed by atoms with Crippen molar-refractivity contribution in [1.82, 2.24) is 0 Å². The highest BCUT2D eigenvalue weighted by Gasteiger charge is 2.45. The van der Waals surface area contributed by atoms with Crippen LogP contribution in [0.4, 0.5) is 0 Å². The van der Waals surface area contributed by atoms with Gasteiger partial charge in [-0.2, -0.15) is 0 Å². The third kappa shape index (κ3) is 2.53. The summed E-state index contributed by atoms with van der Waals surface area (Å²) in [5, 5.41) is 0. The molecular formula is C13H24O2. The van der Waals surface area contributed by atoms with E-state index in [0.29, 0.717) is 18.4 Å². The summed E-state index contributed by atoms with van der Waals surface area (Å²) in [6, 6.07) is 0. The van der Waals surface area contributed by atoms with Gasteiger partial charge in [0.2, 0.25) is 0 Å². The van der Waals surface area contributed by atoms with E-state index in [2.05, 4.69) is 27.7 Å². The fourth-order valence-electron chi connectivity index (χ4n) is 2.82. The first-order chi connectivity index (χ1) is 6.90. The van der Waals surface area contributed by atoms with E-state index in [1.807, 2.05) is 6.92 Å². The van der Waals surface area contributed by atoms with Crippen molar-refractivity contribution in [2.24, 2.45) is 23.2 Å². The zero-order valence-corrected chi connectivity index (χ0v) is 10.7. The first-order valence-electron chi connectivity index (χ1n) is 6.06. The van der Waals surface area contributed by atoms with E-state index < -0.39 is 0 Å². The van der Waals surface area contributed by atoms with E-state index >= 15 is 0 Å². The molecule has 0 aromatic heterocycles. The van der Waals surface area contributed by atoms with Gasteiger partial charge in [-0.3, -0.25) is 4.79 Å². The Morgan fingerprint density at radius 3 is 2.53 bits per heavy atom. The van der Waals surface area contributed by atoms with Gasteiger partial charge in [-0.1, -0.05) is 27.7 Å². The monoisotopic (exact) mass is 212 g/mol. The van der Waals surface area contributed by atoms with Crippen LogP contribution in [0.5, 0.6) is 0 Å². The van der Waals surface area contributed by atoms with Crippen molar-refractivity contribution in [3.8, 4) is 0 Å². The molecule has 2 heteroatoms. The SMILES string of the molecule is CCOC(=O)[C@H]1[C@@H](C)C(C)CCC1(C)C. The zero-order valence-electron chi connectivity index (χ0n) is 10.7. The van der Waals surface area contributed by atoms with Crippen molar-refractivity contribution in [2.75, 3.05) is 6.61 Å². The van der Waals surface area contributed by atoms with Gasteiger partial charge < -0.3 is 4.74 Å². The number of carbonyl (C=O) groups is 1. The maximum atomic E-state index is 11.9. The predicted octanol–water partition coefficient (Wildman–Crippen LogP) is 3.26. The van der Waals surface area contributed by atoms with Crippen molar-refractivity contribution in [3.63, 3.8) is 0 Å². The molecule has 1 saturated carbocycles. The second-order valence-electron chi connectivity index (χ2n) is 5.59. The Bertz CT molecular complexity index is 233. The lowest BCUT2D eigenvalue weighted by atomic mass is 9.61. The van der Waals surface area contributed by atoms with Gasteiger partial charge in [-0.15, -0.1) is 0 Å². The van der Waals surface area contributed by atoms with Crippen LogP contribution in [0.2, 0.25) is 0 Å².